The molecule has 98 valence electrons. The van der Waals surface area contributed by atoms with Crippen molar-refractivity contribution < 1.29 is 4.74 Å². The van der Waals surface area contributed by atoms with Crippen LogP contribution in [0.3, 0.4) is 0 Å². The van der Waals surface area contributed by atoms with E-state index >= 15 is 0 Å². The summed E-state index contributed by atoms with van der Waals surface area (Å²) in [6, 6.07) is 8.37. The van der Waals surface area contributed by atoms with Gasteiger partial charge in [-0.2, -0.15) is 0 Å². The van der Waals surface area contributed by atoms with E-state index in [0.717, 1.165) is 31.7 Å². The maximum Gasteiger partial charge on any atom is 0.129 e. The molecule has 0 radical (unpaired) electrons. The summed E-state index contributed by atoms with van der Waals surface area (Å²) in [5.41, 5.74) is 6.77. The number of aryl methyl sites for hydroxylation is 1. The molecule has 1 aromatic heterocycles. The highest BCUT2D eigenvalue weighted by Crippen LogP contribution is 2.27. The molecule has 1 heterocycles. The Hall–Kier alpha value is -1.48. The molecule has 0 bridgehead atoms. The van der Waals surface area contributed by atoms with E-state index in [4.69, 9.17) is 10.5 Å². The first-order valence-electron chi connectivity index (χ1n) is 6.67. The van der Waals surface area contributed by atoms with E-state index in [9.17, 15) is 0 Å². The molecule has 0 saturated heterocycles. The van der Waals surface area contributed by atoms with Crippen LogP contribution in [-0.4, -0.2) is 17.2 Å². The van der Waals surface area contributed by atoms with Crippen molar-refractivity contribution in [2.45, 2.75) is 39.3 Å². The van der Waals surface area contributed by atoms with Crippen molar-refractivity contribution >= 4 is 10.9 Å². The van der Waals surface area contributed by atoms with Gasteiger partial charge in [0.1, 0.15) is 5.75 Å². The Bertz CT molecular complexity index is 502. The molecule has 0 unspecified atom stereocenters. The van der Waals surface area contributed by atoms with Crippen LogP contribution in [0.2, 0.25) is 0 Å². The first-order valence-corrected chi connectivity index (χ1v) is 6.67. The molecule has 1 aromatic carbocycles. The second-order valence-corrected chi connectivity index (χ2v) is 4.86. The van der Waals surface area contributed by atoms with Gasteiger partial charge in [0.2, 0.25) is 0 Å². The van der Waals surface area contributed by atoms with Gasteiger partial charge in [0.05, 0.1) is 11.6 Å². The predicted molar refractivity (Wildman–Crippen MR) is 76.0 cm³/mol. The number of benzene rings is 1. The van der Waals surface area contributed by atoms with Gasteiger partial charge < -0.3 is 15.0 Å². The molecule has 3 nitrogen and oxygen atoms in total. The smallest absolute Gasteiger partial charge is 0.129 e. The Balaban J connectivity index is 2.24. The number of ether oxygens (including phenoxy) is 1. The quantitative estimate of drug-likeness (QED) is 0.795. The monoisotopic (exact) mass is 246 g/mol. The maximum atomic E-state index is 5.83. The van der Waals surface area contributed by atoms with Gasteiger partial charge in [-0.3, -0.25) is 0 Å². The molecule has 0 aliphatic carbocycles. The lowest BCUT2D eigenvalue weighted by molar-refractivity contribution is 0.245. The molecule has 0 amide bonds. The number of aromatic nitrogens is 1. The number of nitrogens with zero attached hydrogens (tertiary/aromatic N) is 1. The lowest BCUT2D eigenvalue weighted by Gasteiger charge is -2.11. The van der Waals surface area contributed by atoms with E-state index in [1.807, 2.05) is 6.07 Å². The van der Waals surface area contributed by atoms with Crippen LogP contribution in [0.25, 0.3) is 10.9 Å². The summed E-state index contributed by atoms with van der Waals surface area (Å²) < 4.78 is 8.11. The van der Waals surface area contributed by atoms with E-state index in [1.165, 1.54) is 10.9 Å². The second-order valence-electron chi connectivity index (χ2n) is 4.86. The standard InChI is InChI=1S/C15H22N2O/c1-12(2)18-15-7-5-6-14-13(15)8-11-17(14)10-4-3-9-16/h5-8,11-12H,3-4,9-10,16H2,1-2H3. The minimum absolute atomic E-state index is 0.205. The van der Waals surface area contributed by atoms with Crippen molar-refractivity contribution in [1.29, 1.82) is 0 Å². The Labute approximate surface area is 109 Å². The lowest BCUT2D eigenvalue weighted by atomic mass is 10.2. The Morgan fingerprint density at radius 1 is 1.22 bits per heavy atom. The highest BCUT2D eigenvalue weighted by Gasteiger charge is 2.07. The van der Waals surface area contributed by atoms with Crippen LogP contribution in [0.1, 0.15) is 26.7 Å². The third-order valence-electron chi connectivity index (χ3n) is 2.99. The summed E-state index contributed by atoms with van der Waals surface area (Å²) in [6.45, 7) is 5.89. The molecular formula is C15H22N2O. The topological polar surface area (TPSA) is 40.2 Å². The Morgan fingerprint density at radius 3 is 2.78 bits per heavy atom. The normalized spacial score (nSPS) is 11.3. The zero-order valence-electron chi connectivity index (χ0n) is 11.2. The van der Waals surface area contributed by atoms with Crippen molar-refractivity contribution in [1.82, 2.24) is 4.57 Å². The summed E-state index contributed by atoms with van der Waals surface area (Å²) >= 11 is 0. The number of hydrogen-bond donors (Lipinski definition) is 1. The first kappa shape index (κ1) is 13.0. The van der Waals surface area contributed by atoms with Crippen LogP contribution >= 0.6 is 0 Å². The van der Waals surface area contributed by atoms with Crippen molar-refractivity contribution in [2.24, 2.45) is 5.73 Å². The van der Waals surface area contributed by atoms with E-state index in [-0.39, 0.29) is 6.10 Å². The largest absolute Gasteiger partial charge is 0.490 e. The minimum Gasteiger partial charge on any atom is -0.490 e. The summed E-state index contributed by atoms with van der Waals surface area (Å²) in [5.74, 6) is 0.972. The van der Waals surface area contributed by atoms with Crippen molar-refractivity contribution in [3.8, 4) is 5.75 Å². The fourth-order valence-electron chi connectivity index (χ4n) is 2.17. The molecule has 0 aliphatic heterocycles. The van der Waals surface area contributed by atoms with Crippen LogP contribution in [0.5, 0.6) is 5.75 Å². The number of fused-ring (bicyclic) bond motifs is 1. The van der Waals surface area contributed by atoms with Gasteiger partial charge in [-0.25, -0.2) is 0 Å². The van der Waals surface area contributed by atoms with E-state index in [2.05, 4.69) is 42.8 Å². The lowest BCUT2D eigenvalue weighted by Crippen LogP contribution is -2.05. The van der Waals surface area contributed by atoms with Gasteiger partial charge in [-0.15, -0.1) is 0 Å². The zero-order chi connectivity index (χ0) is 13.0. The van der Waals surface area contributed by atoms with E-state index in [1.54, 1.807) is 0 Å². The van der Waals surface area contributed by atoms with Crippen LogP contribution in [-0.2, 0) is 6.54 Å². The Kier molecular flexibility index (Phi) is 4.26. The van der Waals surface area contributed by atoms with Gasteiger partial charge in [0.25, 0.3) is 0 Å². The first-order chi connectivity index (χ1) is 8.72. The molecule has 0 saturated carbocycles. The number of hydrogen-bond acceptors (Lipinski definition) is 2. The summed E-state index contributed by atoms with van der Waals surface area (Å²) in [5, 5.41) is 1.19. The van der Waals surface area contributed by atoms with Crippen LogP contribution in [0.15, 0.2) is 30.5 Å². The van der Waals surface area contributed by atoms with Gasteiger partial charge >= 0.3 is 0 Å². The summed E-state index contributed by atoms with van der Waals surface area (Å²) in [4.78, 5) is 0. The molecule has 2 rings (SSSR count). The molecule has 0 atom stereocenters. The van der Waals surface area contributed by atoms with Crippen LogP contribution < -0.4 is 10.5 Å². The number of nitrogens with two attached hydrogens (primary N) is 1. The van der Waals surface area contributed by atoms with Gasteiger partial charge in [-0.05, 0) is 51.4 Å². The average molecular weight is 246 g/mol. The van der Waals surface area contributed by atoms with Gasteiger partial charge in [-0.1, -0.05) is 6.07 Å². The summed E-state index contributed by atoms with van der Waals surface area (Å²) in [7, 11) is 0. The molecular weight excluding hydrogens is 224 g/mol. The van der Waals surface area contributed by atoms with Crippen molar-refractivity contribution in [2.75, 3.05) is 6.54 Å². The van der Waals surface area contributed by atoms with Crippen molar-refractivity contribution in [3.63, 3.8) is 0 Å². The fourth-order valence-corrected chi connectivity index (χ4v) is 2.17. The molecule has 18 heavy (non-hydrogen) atoms. The van der Waals surface area contributed by atoms with Crippen molar-refractivity contribution in [3.05, 3.63) is 30.5 Å². The molecule has 0 aliphatic rings. The molecule has 0 fully saturated rings. The SMILES string of the molecule is CC(C)Oc1cccc2c1ccn2CCCCN. The van der Waals surface area contributed by atoms with E-state index < -0.39 is 0 Å². The maximum absolute atomic E-state index is 5.83. The number of rotatable bonds is 6. The highest BCUT2D eigenvalue weighted by atomic mass is 16.5. The fraction of sp³-hybridized carbons (Fsp3) is 0.467. The van der Waals surface area contributed by atoms with E-state index in [0.29, 0.717) is 0 Å². The molecule has 0 spiro atoms. The third-order valence-corrected chi connectivity index (χ3v) is 2.99. The Morgan fingerprint density at radius 2 is 2.06 bits per heavy atom. The molecule has 2 aromatic rings. The predicted octanol–water partition coefficient (Wildman–Crippen LogP) is 3.17. The number of unbranched alkanes of at least 4 members (excludes halogenated alkanes) is 1. The molecule has 3 heteroatoms. The van der Waals surface area contributed by atoms with Crippen LogP contribution in [0.4, 0.5) is 0 Å². The van der Waals surface area contributed by atoms with Crippen LogP contribution in [0, 0.1) is 0 Å². The summed E-state index contributed by atoms with van der Waals surface area (Å²) in [6.07, 6.45) is 4.53. The van der Waals surface area contributed by atoms with Gasteiger partial charge in [0, 0.05) is 18.1 Å². The second kappa shape index (κ2) is 5.91. The molecule has 2 N–H and O–H groups in total. The minimum atomic E-state index is 0.205. The highest BCUT2D eigenvalue weighted by molar-refractivity contribution is 5.86. The third kappa shape index (κ3) is 2.85. The average Bonchev–Trinajstić information content (AvgIpc) is 2.74. The van der Waals surface area contributed by atoms with Gasteiger partial charge in [0.15, 0.2) is 0 Å². The zero-order valence-corrected chi connectivity index (χ0v) is 11.2.